The number of benzene rings is 3. The number of anilines is 1. The van der Waals surface area contributed by atoms with E-state index in [4.69, 9.17) is 14.5 Å². The van der Waals surface area contributed by atoms with Crippen LogP contribution in [0.25, 0.3) is 16.6 Å². The summed E-state index contributed by atoms with van der Waals surface area (Å²) in [4.78, 5) is 30.8. The van der Waals surface area contributed by atoms with Crippen LogP contribution in [0.5, 0.6) is 11.5 Å². The first-order valence-electron chi connectivity index (χ1n) is 10.4. The second-order valence-electron chi connectivity index (χ2n) is 7.80. The van der Waals surface area contributed by atoms with Gasteiger partial charge >= 0.3 is 0 Å². The van der Waals surface area contributed by atoms with Crippen LogP contribution in [0.2, 0.25) is 0 Å². The number of para-hydroxylation sites is 1. The number of nitrogens with zero attached hydrogens (tertiary/aromatic N) is 2. The van der Waals surface area contributed by atoms with Gasteiger partial charge in [-0.2, -0.15) is 0 Å². The van der Waals surface area contributed by atoms with E-state index in [9.17, 15) is 9.59 Å². The largest absolute Gasteiger partial charge is 0.454 e. The summed E-state index contributed by atoms with van der Waals surface area (Å²) in [6.45, 7) is 4.15. The number of hydrogen-bond acceptors (Lipinski definition) is 6. The van der Waals surface area contributed by atoms with E-state index in [1.807, 2.05) is 38.1 Å². The van der Waals surface area contributed by atoms with Gasteiger partial charge in [0, 0.05) is 11.8 Å². The summed E-state index contributed by atoms with van der Waals surface area (Å²) < 4.78 is 12.2. The fourth-order valence-corrected chi connectivity index (χ4v) is 4.63. The second-order valence-corrected chi connectivity index (χ2v) is 8.75. The van der Waals surface area contributed by atoms with Crippen molar-refractivity contribution in [3.05, 3.63) is 82.1 Å². The van der Waals surface area contributed by atoms with E-state index in [2.05, 4.69) is 11.4 Å². The van der Waals surface area contributed by atoms with Gasteiger partial charge in [0.05, 0.1) is 22.3 Å². The molecule has 0 spiro atoms. The summed E-state index contributed by atoms with van der Waals surface area (Å²) >= 11 is 1.22. The zero-order valence-electron chi connectivity index (χ0n) is 18.1. The molecule has 2 heterocycles. The molecular formula is C25H21N3O4S. The van der Waals surface area contributed by atoms with Crippen LogP contribution in [0.4, 0.5) is 5.69 Å². The topological polar surface area (TPSA) is 82.5 Å². The fraction of sp³-hybridized carbons (Fsp3) is 0.160. The van der Waals surface area contributed by atoms with E-state index in [-0.39, 0.29) is 24.0 Å². The SMILES string of the molecule is Cc1cc(C)cc(-n2c(SCC(=O)Nc3ccc4c(c3)OCO4)nc3ccccc3c2=O)c1. The Morgan fingerprint density at radius 1 is 1.03 bits per heavy atom. The third-order valence-electron chi connectivity index (χ3n) is 5.20. The van der Waals surface area contributed by atoms with Gasteiger partial charge in [-0.15, -0.1) is 0 Å². The molecule has 0 atom stereocenters. The molecule has 1 amide bonds. The van der Waals surface area contributed by atoms with Crippen molar-refractivity contribution in [3.63, 3.8) is 0 Å². The number of carbonyl (C=O) groups excluding carboxylic acids is 1. The Balaban J connectivity index is 1.45. The number of amides is 1. The molecule has 7 nitrogen and oxygen atoms in total. The molecule has 166 valence electrons. The molecule has 5 rings (SSSR count). The molecule has 0 aliphatic carbocycles. The Hall–Kier alpha value is -3.78. The van der Waals surface area contributed by atoms with Gasteiger partial charge in [0.2, 0.25) is 12.7 Å². The summed E-state index contributed by atoms with van der Waals surface area (Å²) in [5, 5.41) is 3.86. The number of fused-ring (bicyclic) bond motifs is 2. The highest BCUT2D eigenvalue weighted by atomic mass is 32.2. The molecule has 1 aliphatic rings. The van der Waals surface area contributed by atoms with E-state index in [0.717, 1.165) is 16.8 Å². The summed E-state index contributed by atoms with van der Waals surface area (Å²) in [5.74, 6) is 1.12. The van der Waals surface area contributed by atoms with Crippen molar-refractivity contribution in [2.75, 3.05) is 17.9 Å². The minimum atomic E-state index is -0.215. The molecular weight excluding hydrogens is 438 g/mol. The maximum absolute atomic E-state index is 13.4. The standard InChI is InChI=1S/C25H21N3O4S/c1-15-9-16(2)11-18(10-15)28-24(30)19-5-3-4-6-20(19)27-25(28)33-13-23(29)26-17-7-8-21-22(12-17)32-14-31-21/h3-12H,13-14H2,1-2H3,(H,26,29). The maximum atomic E-state index is 13.4. The van der Waals surface area contributed by atoms with Crippen molar-refractivity contribution in [1.29, 1.82) is 0 Å². The first-order chi connectivity index (χ1) is 16.0. The van der Waals surface area contributed by atoms with Gasteiger partial charge in [0.1, 0.15) is 0 Å². The Labute approximate surface area is 194 Å². The molecule has 0 saturated carbocycles. The molecule has 0 saturated heterocycles. The molecule has 1 aromatic heterocycles. The second kappa shape index (κ2) is 8.63. The average Bonchev–Trinajstić information content (AvgIpc) is 3.25. The van der Waals surface area contributed by atoms with Gasteiger partial charge in [-0.25, -0.2) is 4.98 Å². The van der Waals surface area contributed by atoms with Crippen molar-refractivity contribution < 1.29 is 14.3 Å². The zero-order chi connectivity index (χ0) is 22.9. The van der Waals surface area contributed by atoms with Gasteiger partial charge in [0.25, 0.3) is 5.56 Å². The Morgan fingerprint density at radius 2 is 1.79 bits per heavy atom. The van der Waals surface area contributed by atoms with Gasteiger partial charge in [-0.3, -0.25) is 14.2 Å². The van der Waals surface area contributed by atoms with Crippen LogP contribution in [0, 0.1) is 13.8 Å². The minimum Gasteiger partial charge on any atom is -0.454 e. The van der Waals surface area contributed by atoms with Gasteiger partial charge in [-0.05, 0) is 61.4 Å². The number of rotatable bonds is 5. The number of aromatic nitrogens is 2. The molecule has 1 N–H and O–H groups in total. The van der Waals surface area contributed by atoms with E-state index < -0.39 is 0 Å². The number of hydrogen-bond donors (Lipinski definition) is 1. The predicted octanol–water partition coefficient (Wildman–Crippen LogP) is 4.46. The Bertz CT molecular complexity index is 1430. The monoisotopic (exact) mass is 459 g/mol. The summed E-state index contributed by atoms with van der Waals surface area (Å²) in [6, 6.07) is 18.4. The molecule has 0 radical (unpaired) electrons. The zero-order valence-corrected chi connectivity index (χ0v) is 18.9. The quantitative estimate of drug-likeness (QED) is 0.350. The lowest BCUT2D eigenvalue weighted by Crippen LogP contribution is -2.23. The normalized spacial score (nSPS) is 12.2. The van der Waals surface area contributed by atoms with Crippen LogP contribution in [0.15, 0.2) is 70.6 Å². The lowest BCUT2D eigenvalue weighted by molar-refractivity contribution is -0.113. The van der Waals surface area contributed by atoms with Crippen LogP contribution in [-0.2, 0) is 4.79 Å². The number of ether oxygens (including phenoxy) is 2. The van der Waals surface area contributed by atoms with Crippen LogP contribution in [-0.4, -0.2) is 28.0 Å². The van der Waals surface area contributed by atoms with Crippen molar-refractivity contribution >= 4 is 34.3 Å². The fourth-order valence-electron chi connectivity index (χ4n) is 3.82. The van der Waals surface area contributed by atoms with Crippen molar-refractivity contribution in [1.82, 2.24) is 9.55 Å². The number of aryl methyl sites for hydroxylation is 2. The number of carbonyl (C=O) groups is 1. The molecule has 0 unspecified atom stereocenters. The van der Waals surface area contributed by atoms with Gasteiger partial charge in [-0.1, -0.05) is 30.0 Å². The Morgan fingerprint density at radius 3 is 2.61 bits per heavy atom. The molecule has 8 heteroatoms. The molecule has 0 fully saturated rings. The highest BCUT2D eigenvalue weighted by molar-refractivity contribution is 7.99. The lowest BCUT2D eigenvalue weighted by atomic mass is 10.1. The van der Waals surface area contributed by atoms with Gasteiger partial charge in [0.15, 0.2) is 16.7 Å². The smallest absolute Gasteiger partial charge is 0.266 e. The van der Waals surface area contributed by atoms with E-state index in [1.165, 1.54) is 11.8 Å². The summed E-state index contributed by atoms with van der Waals surface area (Å²) in [5.41, 5.74) is 3.87. The van der Waals surface area contributed by atoms with Gasteiger partial charge < -0.3 is 14.8 Å². The van der Waals surface area contributed by atoms with Crippen molar-refractivity contribution in [2.24, 2.45) is 0 Å². The summed E-state index contributed by atoms with van der Waals surface area (Å²) in [6.07, 6.45) is 0. The molecule has 1 aliphatic heterocycles. The molecule has 0 bridgehead atoms. The molecule has 4 aromatic rings. The first-order valence-corrected chi connectivity index (χ1v) is 11.4. The predicted molar refractivity (Wildman–Crippen MR) is 129 cm³/mol. The summed E-state index contributed by atoms with van der Waals surface area (Å²) in [7, 11) is 0. The van der Waals surface area contributed by atoms with Crippen LogP contribution in [0.3, 0.4) is 0 Å². The average molecular weight is 460 g/mol. The maximum Gasteiger partial charge on any atom is 0.266 e. The molecule has 33 heavy (non-hydrogen) atoms. The van der Waals surface area contributed by atoms with E-state index in [0.29, 0.717) is 33.2 Å². The Kier molecular flexibility index (Phi) is 5.51. The third-order valence-corrected chi connectivity index (χ3v) is 6.14. The highest BCUT2D eigenvalue weighted by Gasteiger charge is 2.17. The lowest BCUT2D eigenvalue weighted by Gasteiger charge is -2.14. The third kappa shape index (κ3) is 4.29. The van der Waals surface area contributed by atoms with Crippen LogP contribution < -0.4 is 20.3 Å². The highest BCUT2D eigenvalue weighted by Crippen LogP contribution is 2.34. The molecule has 3 aromatic carbocycles. The van der Waals surface area contributed by atoms with E-state index >= 15 is 0 Å². The number of thioether (sulfide) groups is 1. The number of nitrogens with one attached hydrogen (secondary N) is 1. The minimum absolute atomic E-state index is 0.0873. The van der Waals surface area contributed by atoms with Crippen molar-refractivity contribution in [3.8, 4) is 17.2 Å². The van der Waals surface area contributed by atoms with Crippen molar-refractivity contribution in [2.45, 2.75) is 19.0 Å². The first kappa shape index (κ1) is 21.1. The van der Waals surface area contributed by atoms with E-state index in [1.54, 1.807) is 34.9 Å². The van der Waals surface area contributed by atoms with Crippen LogP contribution in [0.1, 0.15) is 11.1 Å². The van der Waals surface area contributed by atoms with Crippen LogP contribution >= 0.6 is 11.8 Å².